The summed E-state index contributed by atoms with van der Waals surface area (Å²) in [7, 11) is 0. The van der Waals surface area contributed by atoms with Gasteiger partial charge < -0.3 is 29.6 Å². The summed E-state index contributed by atoms with van der Waals surface area (Å²) in [5.74, 6) is 10.5. The molecular formula is C28H44N2O8. The number of carbonyl (C=O) groups is 4. The normalized spacial score (nSPS) is 11.4. The first-order valence-electron chi connectivity index (χ1n) is 13.5. The average molecular weight is 537 g/mol. The predicted molar refractivity (Wildman–Crippen MR) is 143 cm³/mol. The van der Waals surface area contributed by atoms with Crippen LogP contribution in [0.3, 0.4) is 0 Å². The third-order valence-electron chi connectivity index (χ3n) is 4.96. The second-order valence-electron chi connectivity index (χ2n) is 8.56. The summed E-state index contributed by atoms with van der Waals surface area (Å²) in [6, 6.07) is -1.51. The predicted octanol–water partition coefficient (Wildman–Crippen LogP) is 4.25. The zero-order valence-corrected chi connectivity index (χ0v) is 23.3. The van der Waals surface area contributed by atoms with E-state index in [0.717, 1.165) is 38.5 Å². The van der Waals surface area contributed by atoms with E-state index in [0.29, 0.717) is 38.9 Å². The minimum atomic E-state index is -0.753. The first-order chi connectivity index (χ1) is 18.3. The van der Waals surface area contributed by atoms with Crippen LogP contribution in [0.15, 0.2) is 0 Å². The Hall–Kier alpha value is -3.40. The van der Waals surface area contributed by atoms with Gasteiger partial charge in [-0.25, -0.2) is 19.2 Å². The molecule has 0 saturated carbocycles. The van der Waals surface area contributed by atoms with E-state index in [2.05, 4.69) is 34.3 Å². The van der Waals surface area contributed by atoms with Crippen molar-refractivity contribution in [3.8, 4) is 23.7 Å². The van der Waals surface area contributed by atoms with E-state index >= 15 is 0 Å². The number of unbranched alkanes of at least 4 members (excludes halogenated alkanes) is 6. The Kier molecular flexibility index (Phi) is 21.8. The molecule has 0 bridgehead atoms. The summed E-state index contributed by atoms with van der Waals surface area (Å²) in [5.41, 5.74) is 0. The number of alkyl carbamates (subject to hydrolysis) is 2. The summed E-state index contributed by atoms with van der Waals surface area (Å²) in [6.07, 6.45) is 6.20. The largest absolute Gasteiger partial charge is 0.464 e. The molecule has 0 aliphatic rings. The molecule has 0 rings (SSSR count). The Morgan fingerprint density at radius 3 is 1.32 bits per heavy atom. The number of rotatable bonds is 18. The van der Waals surface area contributed by atoms with Gasteiger partial charge in [-0.15, -0.1) is 0 Å². The fourth-order valence-corrected chi connectivity index (χ4v) is 2.61. The Balaban J connectivity index is 3.74. The van der Waals surface area contributed by atoms with Gasteiger partial charge in [0, 0.05) is 12.8 Å². The highest BCUT2D eigenvalue weighted by Crippen LogP contribution is 1.99. The van der Waals surface area contributed by atoms with Crippen molar-refractivity contribution in [1.29, 1.82) is 0 Å². The summed E-state index contributed by atoms with van der Waals surface area (Å²) in [4.78, 5) is 46.8. The van der Waals surface area contributed by atoms with E-state index < -0.39 is 36.2 Å². The lowest BCUT2D eigenvalue weighted by molar-refractivity contribution is -0.146. The van der Waals surface area contributed by atoms with Gasteiger partial charge in [0.1, 0.15) is 12.1 Å². The van der Waals surface area contributed by atoms with Gasteiger partial charge in [-0.05, 0) is 64.2 Å². The molecule has 0 aliphatic heterocycles. The Morgan fingerprint density at radius 1 is 0.579 bits per heavy atom. The maximum absolute atomic E-state index is 11.7. The molecule has 0 saturated heterocycles. The molecule has 2 atom stereocenters. The molecule has 0 radical (unpaired) electrons. The number of esters is 2. The van der Waals surface area contributed by atoms with Gasteiger partial charge in [-0.2, -0.15) is 0 Å². The van der Waals surface area contributed by atoms with Crippen LogP contribution in [0.25, 0.3) is 0 Å². The van der Waals surface area contributed by atoms with Crippen LogP contribution in [-0.4, -0.2) is 62.6 Å². The van der Waals surface area contributed by atoms with Gasteiger partial charge in [-0.1, -0.05) is 38.5 Å². The minimum Gasteiger partial charge on any atom is -0.464 e. The molecule has 38 heavy (non-hydrogen) atoms. The molecule has 0 spiro atoms. The summed E-state index contributed by atoms with van der Waals surface area (Å²) in [6.45, 7) is 8.26. The van der Waals surface area contributed by atoms with Crippen molar-refractivity contribution in [2.45, 2.75) is 104 Å². The second-order valence-corrected chi connectivity index (χ2v) is 8.56. The van der Waals surface area contributed by atoms with Crippen molar-refractivity contribution < 1.29 is 38.1 Å². The van der Waals surface area contributed by atoms with Crippen LogP contribution in [0.4, 0.5) is 9.59 Å². The molecule has 2 amide bonds. The Bertz CT molecular complexity index is 754. The van der Waals surface area contributed by atoms with Crippen molar-refractivity contribution in [2.24, 2.45) is 0 Å². The fourth-order valence-electron chi connectivity index (χ4n) is 2.61. The number of hydrogen-bond acceptors (Lipinski definition) is 8. The number of hydrogen-bond donors (Lipinski definition) is 2. The minimum absolute atomic E-state index is 0.235. The highest BCUT2D eigenvalue weighted by molar-refractivity contribution is 5.81. The van der Waals surface area contributed by atoms with E-state index in [1.165, 1.54) is 0 Å². The first-order valence-corrected chi connectivity index (χ1v) is 13.5. The lowest BCUT2D eigenvalue weighted by atomic mass is 10.2. The topological polar surface area (TPSA) is 129 Å². The van der Waals surface area contributed by atoms with E-state index in [1.807, 2.05) is 13.8 Å². The lowest BCUT2D eigenvalue weighted by Gasteiger charge is -2.13. The van der Waals surface area contributed by atoms with Crippen LogP contribution in [0.5, 0.6) is 0 Å². The number of ether oxygens (including phenoxy) is 4. The first kappa shape index (κ1) is 34.6. The maximum atomic E-state index is 11.7. The fraction of sp³-hybridized carbons (Fsp3) is 0.714. The van der Waals surface area contributed by atoms with E-state index in [1.54, 1.807) is 13.8 Å². The Labute approximate surface area is 227 Å². The second kappa shape index (κ2) is 24.0. The van der Waals surface area contributed by atoms with Crippen molar-refractivity contribution in [1.82, 2.24) is 10.6 Å². The van der Waals surface area contributed by atoms with Gasteiger partial charge in [0.2, 0.25) is 0 Å². The van der Waals surface area contributed by atoms with E-state index in [4.69, 9.17) is 18.9 Å². The monoisotopic (exact) mass is 536 g/mol. The third-order valence-corrected chi connectivity index (χ3v) is 4.96. The lowest BCUT2D eigenvalue weighted by Crippen LogP contribution is -2.40. The molecule has 0 heterocycles. The molecule has 10 heteroatoms. The SMILES string of the molecule is CCCCOC(=O)[C@H](C)NC(=O)OCCCCC#CC#CCCCCOC(=O)N[C@@H](C)C(=O)OCCCC. The van der Waals surface area contributed by atoms with Gasteiger partial charge in [0.15, 0.2) is 0 Å². The van der Waals surface area contributed by atoms with Gasteiger partial charge in [-0.3, -0.25) is 0 Å². The maximum Gasteiger partial charge on any atom is 0.407 e. The molecule has 0 aliphatic carbocycles. The molecule has 10 nitrogen and oxygen atoms in total. The molecule has 0 aromatic rings. The number of carbonyl (C=O) groups excluding carboxylic acids is 4. The van der Waals surface area contributed by atoms with Crippen LogP contribution in [-0.2, 0) is 28.5 Å². The zero-order valence-electron chi connectivity index (χ0n) is 23.3. The quantitative estimate of drug-likeness (QED) is 0.115. The third kappa shape index (κ3) is 20.8. The summed E-state index contributed by atoms with van der Waals surface area (Å²) in [5, 5.41) is 4.90. The highest BCUT2D eigenvalue weighted by atomic mass is 16.6. The summed E-state index contributed by atoms with van der Waals surface area (Å²) >= 11 is 0. The van der Waals surface area contributed by atoms with Crippen molar-refractivity contribution >= 4 is 24.1 Å². The van der Waals surface area contributed by atoms with Crippen LogP contribution >= 0.6 is 0 Å². The van der Waals surface area contributed by atoms with Crippen LogP contribution in [0.1, 0.15) is 91.9 Å². The van der Waals surface area contributed by atoms with Crippen molar-refractivity contribution in [3.63, 3.8) is 0 Å². The van der Waals surface area contributed by atoms with Crippen molar-refractivity contribution in [3.05, 3.63) is 0 Å². The standard InChI is InChI=1S/C28H44N2O8/c1-5-7-19-35-25(31)23(3)29-27(33)37-21-17-15-13-11-9-10-12-14-16-18-22-38-28(34)30-24(4)26(32)36-20-8-6-2/h23-24H,5-8,13-22H2,1-4H3,(H,29,33)(H,30,34)/t23-,24-/m0/s1. The molecule has 0 aromatic carbocycles. The highest BCUT2D eigenvalue weighted by Gasteiger charge is 2.18. The zero-order chi connectivity index (χ0) is 28.4. The molecule has 2 N–H and O–H groups in total. The molecule has 214 valence electrons. The molecule has 0 aromatic heterocycles. The van der Waals surface area contributed by atoms with Gasteiger partial charge in [0.05, 0.1) is 26.4 Å². The molecule has 0 unspecified atom stereocenters. The number of amides is 2. The molecular weight excluding hydrogens is 492 g/mol. The van der Waals surface area contributed by atoms with E-state index in [-0.39, 0.29) is 13.2 Å². The molecule has 0 fully saturated rings. The van der Waals surface area contributed by atoms with Gasteiger partial charge in [0.25, 0.3) is 0 Å². The van der Waals surface area contributed by atoms with Crippen LogP contribution in [0, 0.1) is 23.7 Å². The van der Waals surface area contributed by atoms with Gasteiger partial charge >= 0.3 is 24.1 Å². The van der Waals surface area contributed by atoms with Crippen molar-refractivity contribution in [2.75, 3.05) is 26.4 Å². The Morgan fingerprint density at radius 2 is 0.947 bits per heavy atom. The smallest absolute Gasteiger partial charge is 0.407 e. The summed E-state index contributed by atoms with van der Waals surface area (Å²) < 4.78 is 20.2. The average Bonchev–Trinajstić information content (AvgIpc) is 2.88. The van der Waals surface area contributed by atoms with E-state index in [9.17, 15) is 19.2 Å². The van der Waals surface area contributed by atoms with Crippen LogP contribution < -0.4 is 10.6 Å². The van der Waals surface area contributed by atoms with Crippen LogP contribution in [0.2, 0.25) is 0 Å². The number of nitrogens with one attached hydrogen (secondary N) is 2.